The Labute approximate surface area is 160 Å². The lowest BCUT2D eigenvalue weighted by atomic mass is 10.0. The van der Waals surface area contributed by atoms with Crippen LogP contribution in [-0.4, -0.2) is 17.7 Å². The number of hydrogen-bond donors (Lipinski definition) is 3. The third-order valence-electron chi connectivity index (χ3n) is 3.79. The lowest BCUT2D eigenvalue weighted by Crippen LogP contribution is -2.31. The highest BCUT2D eigenvalue weighted by atomic mass is 16.6. The van der Waals surface area contributed by atoms with E-state index in [1.165, 1.54) is 0 Å². The second kappa shape index (κ2) is 8.58. The first-order valence-corrected chi connectivity index (χ1v) is 8.87. The number of ether oxygens (including phenoxy) is 1. The molecule has 144 valence electrons. The van der Waals surface area contributed by atoms with Crippen LogP contribution in [0.4, 0.5) is 21.0 Å². The molecule has 0 heterocycles. The number of hydrogen-bond acceptors (Lipinski definition) is 3. The van der Waals surface area contributed by atoms with Crippen molar-refractivity contribution < 1.29 is 14.3 Å². The van der Waals surface area contributed by atoms with Gasteiger partial charge in [-0.2, -0.15) is 0 Å². The summed E-state index contributed by atoms with van der Waals surface area (Å²) < 4.78 is 5.20. The molecule has 3 N–H and O–H groups in total. The topological polar surface area (TPSA) is 79.5 Å². The van der Waals surface area contributed by atoms with Crippen molar-refractivity contribution in [2.45, 2.75) is 46.3 Å². The van der Waals surface area contributed by atoms with Crippen LogP contribution >= 0.6 is 0 Å². The fraction of sp³-hybridized carbons (Fsp3) is 0.333. The zero-order valence-electron chi connectivity index (χ0n) is 16.4. The Morgan fingerprint density at radius 3 is 2.04 bits per heavy atom. The first-order valence-electron chi connectivity index (χ1n) is 8.87. The molecule has 0 aliphatic heterocycles. The number of benzene rings is 2. The van der Waals surface area contributed by atoms with E-state index in [0.29, 0.717) is 11.4 Å². The summed E-state index contributed by atoms with van der Waals surface area (Å²) in [5.74, 6) is 0. The van der Waals surface area contributed by atoms with E-state index >= 15 is 0 Å². The summed E-state index contributed by atoms with van der Waals surface area (Å²) in [5.41, 5.74) is 2.85. The molecule has 27 heavy (non-hydrogen) atoms. The molecule has 3 amide bonds. The van der Waals surface area contributed by atoms with Gasteiger partial charge in [0, 0.05) is 11.4 Å². The van der Waals surface area contributed by atoms with Gasteiger partial charge in [0.2, 0.25) is 0 Å². The Morgan fingerprint density at radius 1 is 0.926 bits per heavy atom. The fourth-order valence-electron chi connectivity index (χ4n) is 2.57. The molecule has 6 heteroatoms. The summed E-state index contributed by atoms with van der Waals surface area (Å²) in [5, 5.41) is 8.35. The molecule has 0 spiro atoms. The van der Waals surface area contributed by atoms with Crippen molar-refractivity contribution in [3.63, 3.8) is 0 Å². The average Bonchev–Trinajstić information content (AvgIpc) is 2.55. The van der Waals surface area contributed by atoms with Crippen LogP contribution in [0.1, 0.15) is 44.9 Å². The van der Waals surface area contributed by atoms with E-state index in [0.717, 1.165) is 11.1 Å². The fourth-order valence-corrected chi connectivity index (χ4v) is 2.57. The van der Waals surface area contributed by atoms with E-state index in [9.17, 15) is 9.59 Å². The monoisotopic (exact) mass is 369 g/mol. The second-order valence-electron chi connectivity index (χ2n) is 7.38. The van der Waals surface area contributed by atoms with Crippen LogP contribution in [0.3, 0.4) is 0 Å². The Hall–Kier alpha value is -3.02. The molecular weight excluding hydrogens is 342 g/mol. The molecule has 2 aromatic carbocycles. The number of carbonyl (C=O) groups is 2. The lowest BCUT2D eigenvalue weighted by Gasteiger charge is -2.19. The van der Waals surface area contributed by atoms with E-state index in [1.54, 1.807) is 45.0 Å². The van der Waals surface area contributed by atoms with Crippen LogP contribution in [-0.2, 0) is 4.74 Å². The number of urea groups is 1. The smallest absolute Gasteiger partial charge is 0.412 e. The van der Waals surface area contributed by atoms with Gasteiger partial charge in [-0.1, -0.05) is 24.3 Å². The third kappa shape index (κ3) is 6.66. The highest BCUT2D eigenvalue weighted by Crippen LogP contribution is 2.18. The van der Waals surface area contributed by atoms with Crippen molar-refractivity contribution in [2.75, 3.05) is 10.6 Å². The summed E-state index contributed by atoms with van der Waals surface area (Å²) in [6.07, 6.45) is -0.520. The van der Waals surface area contributed by atoms with Crippen molar-refractivity contribution in [3.05, 3.63) is 59.7 Å². The van der Waals surface area contributed by atoms with E-state index in [4.69, 9.17) is 4.74 Å². The van der Waals surface area contributed by atoms with Gasteiger partial charge < -0.3 is 15.4 Å². The van der Waals surface area contributed by atoms with Crippen molar-refractivity contribution in [3.8, 4) is 0 Å². The second-order valence-corrected chi connectivity index (χ2v) is 7.38. The predicted octanol–water partition coefficient (Wildman–Crippen LogP) is 5.22. The summed E-state index contributed by atoms with van der Waals surface area (Å²) in [6.45, 7) is 9.36. The number of aryl methyl sites for hydroxylation is 1. The SMILES string of the molecule is Cc1ccccc1C(C)NC(=O)Nc1ccc(NC(=O)OC(C)(C)C)cc1. The summed E-state index contributed by atoms with van der Waals surface area (Å²) >= 11 is 0. The van der Waals surface area contributed by atoms with Crippen LogP contribution in [0, 0.1) is 6.92 Å². The largest absolute Gasteiger partial charge is 0.444 e. The zero-order valence-corrected chi connectivity index (χ0v) is 16.4. The van der Waals surface area contributed by atoms with Gasteiger partial charge in [0.1, 0.15) is 5.60 Å². The highest BCUT2D eigenvalue weighted by Gasteiger charge is 2.16. The Morgan fingerprint density at radius 2 is 1.48 bits per heavy atom. The molecule has 0 aliphatic carbocycles. The number of rotatable bonds is 4. The van der Waals surface area contributed by atoms with Gasteiger partial charge in [0.05, 0.1) is 6.04 Å². The maximum atomic E-state index is 12.2. The van der Waals surface area contributed by atoms with Crippen LogP contribution in [0.15, 0.2) is 48.5 Å². The van der Waals surface area contributed by atoms with E-state index in [-0.39, 0.29) is 12.1 Å². The number of anilines is 2. The molecule has 0 radical (unpaired) electrons. The number of nitrogens with one attached hydrogen (secondary N) is 3. The lowest BCUT2D eigenvalue weighted by molar-refractivity contribution is 0.0636. The van der Waals surface area contributed by atoms with Crippen LogP contribution in [0.2, 0.25) is 0 Å². The molecule has 2 aromatic rings. The summed E-state index contributed by atoms with van der Waals surface area (Å²) in [6, 6.07) is 14.4. The highest BCUT2D eigenvalue weighted by molar-refractivity contribution is 5.90. The minimum atomic E-state index is -0.558. The molecule has 0 saturated carbocycles. The Bertz CT molecular complexity index is 795. The maximum Gasteiger partial charge on any atom is 0.412 e. The van der Waals surface area contributed by atoms with E-state index < -0.39 is 11.7 Å². The van der Waals surface area contributed by atoms with Crippen molar-refractivity contribution in [2.24, 2.45) is 0 Å². The molecular formula is C21H27N3O3. The quantitative estimate of drug-likeness (QED) is 0.691. The molecule has 0 fully saturated rings. The molecule has 1 atom stereocenters. The average molecular weight is 369 g/mol. The number of carbonyl (C=O) groups excluding carboxylic acids is 2. The summed E-state index contributed by atoms with van der Waals surface area (Å²) in [7, 11) is 0. The van der Waals surface area contributed by atoms with Gasteiger partial charge in [0.25, 0.3) is 0 Å². The first-order chi connectivity index (χ1) is 12.6. The van der Waals surface area contributed by atoms with Crippen molar-refractivity contribution in [1.29, 1.82) is 0 Å². The van der Waals surface area contributed by atoms with Gasteiger partial charge in [0.15, 0.2) is 0 Å². The standard InChI is InChI=1S/C21H27N3O3/c1-14-8-6-7-9-18(14)15(2)22-19(25)23-16-10-12-17(13-11-16)24-20(26)27-21(3,4)5/h6-13,15H,1-5H3,(H,24,26)(H2,22,23,25). The van der Waals surface area contributed by atoms with Gasteiger partial charge in [-0.15, -0.1) is 0 Å². The maximum absolute atomic E-state index is 12.2. The van der Waals surface area contributed by atoms with Gasteiger partial charge >= 0.3 is 12.1 Å². The van der Waals surface area contributed by atoms with E-state index in [1.807, 2.05) is 38.1 Å². The van der Waals surface area contributed by atoms with Gasteiger partial charge in [-0.3, -0.25) is 5.32 Å². The van der Waals surface area contributed by atoms with Crippen LogP contribution in [0.5, 0.6) is 0 Å². The minimum absolute atomic E-state index is 0.112. The molecule has 0 aliphatic rings. The van der Waals surface area contributed by atoms with Gasteiger partial charge in [-0.05, 0) is 70.0 Å². The van der Waals surface area contributed by atoms with Crippen LogP contribution in [0.25, 0.3) is 0 Å². The zero-order chi connectivity index (χ0) is 20.0. The predicted molar refractivity (Wildman–Crippen MR) is 108 cm³/mol. The molecule has 0 saturated heterocycles. The molecule has 0 aromatic heterocycles. The van der Waals surface area contributed by atoms with Crippen molar-refractivity contribution in [1.82, 2.24) is 5.32 Å². The molecule has 2 rings (SSSR count). The first kappa shape index (κ1) is 20.3. The Kier molecular flexibility index (Phi) is 6.45. The Balaban J connectivity index is 1.89. The molecule has 6 nitrogen and oxygen atoms in total. The number of amides is 3. The van der Waals surface area contributed by atoms with Crippen LogP contribution < -0.4 is 16.0 Å². The third-order valence-corrected chi connectivity index (χ3v) is 3.79. The minimum Gasteiger partial charge on any atom is -0.444 e. The van der Waals surface area contributed by atoms with E-state index in [2.05, 4.69) is 16.0 Å². The normalized spacial score (nSPS) is 12.0. The molecule has 0 bridgehead atoms. The summed E-state index contributed by atoms with van der Waals surface area (Å²) in [4.78, 5) is 24.0. The van der Waals surface area contributed by atoms with Crippen molar-refractivity contribution >= 4 is 23.5 Å². The van der Waals surface area contributed by atoms with Gasteiger partial charge in [-0.25, -0.2) is 9.59 Å². The molecule has 1 unspecified atom stereocenters.